The van der Waals surface area contributed by atoms with E-state index < -0.39 is 0 Å². The van der Waals surface area contributed by atoms with E-state index >= 15 is 0 Å². The molecule has 6 heteroatoms. The molecule has 128 valence electrons. The normalized spacial score (nSPS) is 23.0. The Morgan fingerprint density at radius 1 is 1.17 bits per heavy atom. The van der Waals surface area contributed by atoms with Gasteiger partial charge >= 0.3 is 0 Å². The zero-order chi connectivity index (χ0) is 16.1. The maximum Gasteiger partial charge on any atom is 0.168 e. The summed E-state index contributed by atoms with van der Waals surface area (Å²) in [7, 11) is 0. The largest absolute Gasteiger partial charge is 0.297 e. The van der Waals surface area contributed by atoms with Gasteiger partial charge in [0.15, 0.2) is 5.82 Å². The van der Waals surface area contributed by atoms with Crippen molar-refractivity contribution in [2.24, 2.45) is 0 Å². The van der Waals surface area contributed by atoms with Gasteiger partial charge in [-0.3, -0.25) is 9.80 Å². The summed E-state index contributed by atoms with van der Waals surface area (Å²) in [5.74, 6) is 1.08. The van der Waals surface area contributed by atoms with Crippen molar-refractivity contribution in [3.05, 3.63) is 18.5 Å². The third-order valence-corrected chi connectivity index (χ3v) is 5.36. The first-order chi connectivity index (χ1) is 11.3. The molecule has 1 atom stereocenters. The maximum absolute atomic E-state index is 4.42. The highest BCUT2D eigenvalue weighted by Gasteiger charge is 2.30. The molecule has 6 nitrogen and oxygen atoms in total. The van der Waals surface area contributed by atoms with E-state index in [-0.39, 0.29) is 0 Å². The fourth-order valence-corrected chi connectivity index (χ4v) is 4.05. The van der Waals surface area contributed by atoms with Gasteiger partial charge in [-0.05, 0) is 29.7 Å². The van der Waals surface area contributed by atoms with Crippen LogP contribution in [0.3, 0.4) is 0 Å². The lowest BCUT2D eigenvalue weighted by atomic mass is 9.95. The van der Waals surface area contributed by atoms with Crippen LogP contribution in [0.5, 0.6) is 0 Å². The van der Waals surface area contributed by atoms with Crippen LogP contribution in [-0.2, 0) is 0 Å². The number of piperazine rings is 1. The molecule has 2 fully saturated rings. The van der Waals surface area contributed by atoms with Crippen molar-refractivity contribution < 1.29 is 0 Å². The molecule has 0 unspecified atom stereocenters. The fraction of sp³-hybridized carbons (Fsp3) is 0.824. The molecule has 0 radical (unpaired) electrons. The molecule has 0 bridgehead atoms. The molecular formula is C17H30N6. The lowest BCUT2D eigenvalue weighted by Crippen LogP contribution is -2.48. The first-order valence-electron chi connectivity index (χ1n) is 9.18. The van der Waals surface area contributed by atoms with Crippen molar-refractivity contribution in [1.82, 2.24) is 30.0 Å². The number of hydrogen-bond donors (Lipinski definition) is 0. The minimum absolute atomic E-state index is 0.345. The quantitative estimate of drug-likeness (QED) is 0.754. The molecule has 2 aliphatic rings. The van der Waals surface area contributed by atoms with E-state index in [0.29, 0.717) is 12.1 Å². The standard InChI is InChI=1S/C17H30N6/c1-3-10-21-11-13-22(14-12-21)16(4-2)17-18-19-20-23(17)15-8-6-5-7-9-15/h3,15-16H,1,4-14H2,2H3/t16-/m0/s1. The van der Waals surface area contributed by atoms with Gasteiger partial charge in [0.1, 0.15) is 0 Å². The number of rotatable bonds is 6. The second kappa shape index (κ2) is 8.02. The van der Waals surface area contributed by atoms with Crippen molar-refractivity contribution in [3.63, 3.8) is 0 Å². The minimum atomic E-state index is 0.345. The first kappa shape index (κ1) is 16.6. The van der Waals surface area contributed by atoms with E-state index in [0.717, 1.165) is 45.0 Å². The zero-order valence-electron chi connectivity index (χ0n) is 14.4. The van der Waals surface area contributed by atoms with Crippen LogP contribution in [0.4, 0.5) is 0 Å². The van der Waals surface area contributed by atoms with Gasteiger partial charge in [0.25, 0.3) is 0 Å². The second-order valence-corrected chi connectivity index (χ2v) is 6.82. The van der Waals surface area contributed by atoms with Crippen LogP contribution < -0.4 is 0 Å². The lowest BCUT2D eigenvalue weighted by Gasteiger charge is -2.38. The predicted octanol–water partition coefficient (Wildman–Crippen LogP) is 2.43. The van der Waals surface area contributed by atoms with Crippen LogP contribution in [0.25, 0.3) is 0 Å². The van der Waals surface area contributed by atoms with Gasteiger partial charge in [0.2, 0.25) is 0 Å². The minimum Gasteiger partial charge on any atom is -0.297 e. The van der Waals surface area contributed by atoms with E-state index in [1.165, 1.54) is 32.1 Å². The molecule has 0 aromatic carbocycles. The Morgan fingerprint density at radius 2 is 1.91 bits per heavy atom. The van der Waals surface area contributed by atoms with Gasteiger partial charge in [-0.2, -0.15) is 0 Å². The van der Waals surface area contributed by atoms with E-state index in [4.69, 9.17) is 0 Å². The van der Waals surface area contributed by atoms with Gasteiger partial charge in [-0.25, -0.2) is 4.68 Å². The molecule has 2 heterocycles. The highest BCUT2D eigenvalue weighted by molar-refractivity contribution is 4.97. The number of hydrogen-bond acceptors (Lipinski definition) is 5. The summed E-state index contributed by atoms with van der Waals surface area (Å²) in [6.45, 7) is 11.5. The molecule has 1 saturated heterocycles. The van der Waals surface area contributed by atoms with Crippen molar-refractivity contribution >= 4 is 0 Å². The van der Waals surface area contributed by atoms with Gasteiger partial charge in [-0.1, -0.05) is 32.3 Å². The molecular weight excluding hydrogens is 288 g/mol. The van der Waals surface area contributed by atoms with Crippen LogP contribution in [0, 0.1) is 0 Å². The second-order valence-electron chi connectivity index (χ2n) is 6.82. The molecule has 23 heavy (non-hydrogen) atoms. The number of nitrogens with zero attached hydrogens (tertiary/aromatic N) is 6. The Morgan fingerprint density at radius 3 is 2.57 bits per heavy atom. The molecule has 1 aliphatic heterocycles. The van der Waals surface area contributed by atoms with Crippen LogP contribution in [0.1, 0.15) is 63.4 Å². The summed E-state index contributed by atoms with van der Waals surface area (Å²) in [5, 5.41) is 12.8. The van der Waals surface area contributed by atoms with E-state index in [9.17, 15) is 0 Å². The van der Waals surface area contributed by atoms with Crippen molar-refractivity contribution in [3.8, 4) is 0 Å². The number of tetrazole rings is 1. The highest BCUT2D eigenvalue weighted by atomic mass is 15.6. The average molecular weight is 318 g/mol. The molecule has 0 spiro atoms. The SMILES string of the molecule is C=CCN1CCN([C@@H](CC)c2nnnn2C2CCCCC2)CC1. The molecule has 1 aromatic rings. The zero-order valence-corrected chi connectivity index (χ0v) is 14.4. The van der Waals surface area contributed by atoms with E-state index in [1.54, 1.807) is 0 Å². The Kier molecular flexibility index (Phi) is 5.78. The van der Waals surface area contributed by atoms with Crippen molar-refractivity contribution in [2.75, 3.05) is 32.7 Å². The Balaban J connectivity index is 1.69. The van der Waals surface area contributed by atoms with Crippen LogP contribution >= 0.6 is 0 Å². The third kappa shape index (κ3) is 3.80. The third-order valence-electron chi connectivity index (χ3n) is 5.36. The molecule has 0 amide bonds. The van der Waals surface area contributed by atoms with E-state index in [1.807, 2.05) is 6.08 Å². The summed E-state index contributed by atoms with van der Waals surface area (Å²) >= 11 is 0. The Labute approximate surface area is 139 Å². The highest BCUT2D eigenvalue weighted by Crippen LogP contribution is 2.31. The maximum atomic E-state index is 4.42. The van der Waals surface area contributed by atoms with Gasteiger partial charge in [0.05, 0.1) is 12.1 Å². The van der Waals surface area contributed by atoms with Crippen molar-refractivity contribution in [2.45, 2.75) is 57.5 Å². The van der Waals surface area contributed by atoms with Gasteiger partial charge in [-0.15, -0.1) is 11.7 Å². The summed E-state index contributed by atoms with van der Waals surface area (Å²) in [6.07, 6.45) is 9.48. The van der Waals surface area contributed by atoms with Crippen LogP contribution in [0.15, 0.2) is 12.7 Å². The fourth-order valence-electron chi connectivity index (χ4n) is 4.05. The lowest BCUT2D eigenvalue weighted by molar-refractivity contribution is 0.0929. The summed E-state index contributed by atoms with van der Waals surface area (Å²) < 4.78 is 2.14. The molecule has 0 N–H and O–H groups in total. The van der Waals surface area contributed by atoms with Crippen molar-refractivity contribution in [1.29, 1.82) is 0 Å². The smallest absolute Gasteiger partial charge is 0.168 e. The van der Waals surface area contributed by atoms with Crippen LogP contribution in [0.2, 0.25) is 0 Å². The molecule has 1 aromatic heterocycles. The summed E-state index contributed by atoms with van der Waals surface area (Å²) in [5.41, 5.74) is 0. The summed E-state index contributed by atoms with van der Waals surface area (Å²) in [6, 6.07) is 0.850. The molecule has 3 rings (SSSR count). The Hall–Kier alpha value is -1.27. The van der Waals surface area contributed by atoms with Crippen LogP contribution in [-0.4, -0.2) is 62.7 Å². The molecule has 1 saturated carbocycles. The molecule has 1 aliphatic carbocycles. The summed E-state index contributed by atoms with van der Waals surface area (Å²) in [4.78, 5) is 5.02. The van der Waals surface area contributed by atoms with E-state index in [2.05, 4.69) is 43.5 Å². The average Bonchev–Trinajstić information content (AvgIpc) is 3.08. The topological polar surface area (TPSA) is 50.1 Å². The van der Waals surface area contributed by atoms with Gasteiger partial charge in [0, 0.05) is 32.7 Å². The monoisotopic (exact) mass is 318 g/mol. The number of aromatic nitrogens is 4. The Bertz CT molecular complexity index is 485. The predicted molar refractivity (Wildman–Crippen MR) is 91.2 cm³/mol. The first-order valence-corrected chi connectivity index (χ1v) is 9.18. The van der Waals surface area contributed by atoms with Gasteiger partial charge < -0.3 is 0 Å².